The minimum Gasteiger partial charge on any atom is -0.353 e. The maximum atomic E-state index is 12.5. The van der Waals surface area contributed by atoms with Crippen molar-refractivity contribution in [2.24, 2.45) is 17.6 Å². The Balaban J connectivity index is 0.00000208. The molecule has 2 amide bonds. The third-order valence-electron chi connectivity index (χ3n) is 5.93. The van der Waals surface area contributed by atoms with Crippen LogP contribution < -0.4 is 11.1 Å². The number of nitrogens with one attached hydrogen (secondary N) is 1. The summed E-state index contributed by atoms with van der Waals surface area (Å²) in [6.07, 6.45) is 10.3. The van der Waals surface area contributed by atoms with Crippen LogP contribution in [-0.4, -0.2) is 41.9 Å². The van der Waals surface area contributed by atoms with Gasteiger partial charge in [0, 0.05) is 37.5 Å². The number of nitrogens with two attached hydrogens (primary N) is 1. The van der Waals surface area contributed by atoms with Gasteiger partial charge in [0.1, 0.15) is 0 Å². The predicted molar refractivity (Wildman–Crippen MR) is 96.9 cm³/mol. The Morgan fingerprint density at radius 2 is 1.67 bits per heavy atom. The molecular weight excluding hydrogens is 326 g/mol. The minimum absolute atomic E-state index is 0. The molecule has 6 heteroatoms. The van der Waals surface area contributed by atoms with E-state index in [1.54, 1.807) is 0 Å². The number of halogens is 1. The number of hydrogen-bond acceptors (Lipinski definition) is 3. The highest BCUT2D eigenvalue weighted by molar-refractivity contribution is 5.85. The maximum absolute atomic E-state index is 12.5. The van der Waals surface area contributed by atoms with Crippen molar-refractivity contribution in [1.29, 1.82) is 0 Å². The Morgan fingerprint density at radius 1 is 1.00 bits per heavy atom. The molecule has 2 saturated carbocycles. The van der Waals surface area contributed by atoms with E-state index in [2.05, 4.69) is 5.32 Å². The summed E-state index contributed by atoms with van der Waals surface area (Å²) in [6.45, 7) is 1.54. The number of hydrogen-bond donors (Lipinski definition) is 2. The molecule has 0 aromatic rings. The average Bonchev–Trinajstić information content (AvgIpc) is 3.19. The van der Waals surface area contributed by atoms with E-state index in [1.165, 1.54) is 25.7 Å². The van der Waals surface area contributed by atoms with Gasteiger partial charge in [-0.25, -0.2) is 0 Å². The lowest BCUT2D eigenvalue weighted by Crippen LogP contribution is -2.42. The van der Waals surface area contributed by atoms with Crippen molar-refractivity contribution in [2.75, 3.05) is 13.1 Å². The minimum atomic E-state index is 0. The first kappa shape index (κ1) is 19.5. The van der Waals surface area contributed by atoms with Crippen LogP contribution in [0.2, 0.25) is 0 Å². The summed E-state index contributed by atoms with van der Waals surface area (Å²) in [5.41, 5.74) is 5.89. The van der Waals surface area contributed by atoms with Gasteiger partial charge in [0.05, 0.1) is 0 Å². The van der Waals surface area contributed by atoms with Gasteiger partial charge in [0.15, 0.2) is 0 Å². The quantitative estimate of drug-likeness (QED) is 0.810. The molecule has 5 nitrogen and oxygen atoms in total. The molecular formula is C18H32ClN3O2. The van der Waals surface area contributed by atoms with E-state index in [0.29, 0.717) is 12.3 Å². The van der Waals surface area contributed by atoms with Gasteiger partial charge in [-0.05, 0) is 50.9 Å². The van der Waals surface area contributed by atoms with Crippen LogP contribution >= 0.6 is 12.4 Å². The lowest BCUT2D eigenvalue weighted by atomic mass is 9.85. The number of carbonyl (C=O) groups excluding carboxylic acids is 2. The van der Waals surface area contributed by atoms with Crippen LogP contribution in [-0.2, 0) is 9.59 Å². The van der Waals surface area contributed by atoms with Crippen LogP contribution in [0, 0.1) is 11.8 Å². The van der Waals surface area contributed by atoms with Crippen LogP contribution in [0.25, 0.3) is 0 Å². The number of amides is 2. The molecule has 1 aliphatic heterocycles. The average molecular weight is 358 g/mol. The van der Waals surface area contributed by atoms with Crippen LogP contribution in [0.1, 0.15) is 64.2 Å². The van der Waals surface area contributed by atoms with Crippen molar-refractivity contribution in [3.05, 3.63) is 0 Å². The van der Waals surface area contributed by atoms with Crippen molar-refractivity contribution >= 4 is 24.2 Å². The SMILES string of the molecule is Cl.N[C@@H]1CCN(C(=O)C2CCC(NC(=O)CC3CCCC3)CC2)C1. The molecule has 1 saturated heterocycles. The molecule has 3 fully saturated rings. The summed E-state index contributed by atoms with van der Waals surface area (Å²) < 4.78 is 0. The van der Waals surface area contributed by atoms with Crippen molar-refractivity contribution in [3.63, 3.8) is 0 Å². The van der Waals surface area contributed by atoms with Gasteiger partial charge in [0.25, 0.3) is 0 Å². The van der Waals surface area contributed by atoms with Gasteiger partial charge in [0.2, 0.25) is 11.8 Å². The van der Waals surface area contributed by atoms with Crippen molar-refractivity contribution in [2.45, 2.75) is 76.3 Å². The van der Waals surface area contributed by atoms with E-state index in [0.717, 1.165) is 45.2 Å². The summed E-state index contributed by atoms with van der Waals surface area (Å²) in [4.78, 5) is 26.6. The second-order valence-electron chi connectivity index (χ2n) is 7.80. The van der Waals surface area contributed by atoms with Gasteiger partial charge in [-0.15, -0.1) is 12.4 Å². The summed E-state index contributed by atoms with van der Waals surface area (Å²) in [5, 5.41) is 3.20. The summed E-state index contributed by atoms with van der Waals surface area (Å²) in [7, 11) is 0. The molecule has 0 spiro atoms. The Labute approximate surface area is 151 Å². The first-order valence-corrected chi connectivity index (χ1v) is 9.45. The molecule has 3 aliphatic rings. The van der Waals surface area contributed by atoms with Crippen LogP contribution in [0.3, 0.4) is 0 Å². The number of rotatable bonds is 4. The van der Waals surface area contributed by atoms with E-state index in [-0.39, 0.29) is 42.2 Å². The molecule has 0 unspecified atom stereocenters. The van der Waals surface area contributed by atoms with Gasteiger partial charge in [-0.3, -0.25) is 9.59 Å². The molecule has 138 valence electrons. The molecule has 0 radical (unpaired) electrons. The Kier molecular flexibility index (Phi) is 7.35. The monoisotopic (exact) mass is 357 g/mol. The smallest absolute Gasteiger partial charge is 0.225 e. The van der Waals surface area contributed by atoms with Gasteiger partial charge in [-0.2, -0.15) is 0 Å². The van der Waals surface area contributed by atoms with E-state index in [4.69, 9.17) is 5.73 Å². The Bertz CT molecular complexity index is 432. The number of carbonyl (C=O) groups is 2. The van der Waals surface area contributed by atoms with E-state index in [9.17, 15) is 9.59 Å². The number of nitrogens with zero attached hydrogens (tertiary/aromatic N) is 1. The zero-order chi connectivity index (χ0) is 16.2. The van der Waals surface area contributed by atoms with E-state index < -0.39 is 0 Å². The van der Waals surface area contributed by atoms with Gasteiger partial charge in [-0.1, -0.05) is 12.8 Å². The third-order valence-corrected chi connectivity index (χ3v) is 5.93. The fourth-order valence-electron chi connectivity index (χ4n) is 4.49. The molecule has 24 heavy (non-hydrogen) atoms. The fourth-order valence-corrected chi connectivity index (χ4v) is 4.49. The van der Waals surface area contributed by atoms with E-state index in [1.807, 2.05) is 4.90 Å². The normalized spacial score (nSPS) is 30.9. The van der Waals surface area contributed by atoms with Crippen molar-refractivity contribution in [3.8, 4) is 0 Å². The maximum Gasteiger partial charge on any atom is 0.225 e. The predicted octanol–water partition coefficient (Wildman–Crippen LogP) is 2.22. The largest absolute Gasteiger partial charge is 0.353 e. The molecule has 3 N–H and O–H groups in total. The van der Waals surface area contributed by atoms with Crippen molar-refractivity contribution in [1.82, 2.24) is 10.2 Å². The molecule has 0 bridgehead atoms. The third kappa shape index (κ3) is 5.09. The Morgan fingerprint density at radius 3 is 2.25 bits per heavy atom. The molecule has 1 heterocycles. The van der Waals surface area contributed by atoms with Crippen LogP contribution in [0.5, 0.6) is 0 Å². The van der Waals surface area contributed by atoms with Crippen molar-refractivity contribution < 1.29 is 9.59 Å². The zero-order valence-electron chi connectivity index (χ0n) is 14.5. The molecule has 2 aliphatic carbocycles. The standard InChI is InChI=1S/C18H31N3O2.ClH/c19-15-9-10-21(12-15)18(23)14-5-7-16(8-6-14)20-17(22)11-13-3-1-2-4-13;/h13-16H,1-12,19H2,(H,20,22);1H/t14?,15-,16?;/m1./s1. The summed E-state index contributed by atoms with van der Waals surface area (Å²) >= 11 is 0. The second-order valence-corrected chi connectivity index (χ2v) is 7.80. The summed E-state index contributed by atoms with van der Waals surface area (Å²) in [5.74, 6) is 1.25. The lowest BCUT2D eigenvalue weighted by Gasteiger charge is -2.31. The highest BCUT2D eigenvalue weighted by atomic mass is 35.5. The zero-order valence-corrected chi connectivity index (χ0v) is 15.4. The fraction of sp³-hybridized carbons (Fsp3) is 0.889. The highest BCUT2D eigenvalue weighted by Crippen LogP contribution is 2.29. The van der Waals surface area contributed by atoms with Gasteiger partial charge >= 0.3 is 0 Å². The van der Waals surface area contributed by atoms with E-state index >= 15 is 0 Å². The topological polar surface area (TPSA) is 75.4 Å². The highest BCUT2D eigenvalue weighted by Gasteiger charge is 2.32. The second kappa shape index (κ2) is 9.04. The molecule has 0 aromatic carbocycles. The Hall–Kier alpha value is -0.810. The molecule has 0 aromatic heterocycles. The van der Waals surface area contributed by atoms with Crippen LogP contribution in [0.15, 0.2) is 0 Å². The lowest BCUT2D eigenvalue weighted by molar-refractivity contribution is -0.135. The molecule has 3 rings (SSSR count). The van der Waals surface area contributed by atoms with Crippen LogP contribution in [0.4, 0.5) is 0 Å². The first-order chi connectivity index (χ1) is 11.1. The first-order valence-electron chi connectivity index (χ1n) is 9.45. The number of likely N-dealkylation sites (tertiary alicyclic amines) is 1. The molecule has 1 atom stereocenters. The van der Waals surface area contributed by atoms with Gasteiger partial charge < -0.3 is 16.0 Å². The summed E-state index contributed by atoms with van der Waals surface area (Å²) in [6, 6.07) is 0.430.